The van der Waals surface area contributed by atoms with Crippen LogP contribution >= 0.6 is 0 Å². The topological polar surface area (TPSA) is 70.0 Å². The van der Waals surface area contributed by atoms with E-state index in [-0.39, 0.29) is 17.1 Å². The van der Waals surface area contributed by atoms with Crippen LogP contribution in [0.15, 0.2) is 5.16 Å². The van der Waals surface area contributed by atoms with E-state index in [2.05, 4.69) is 5.16 Å². The van der Waals surface area contributed by atoms with Crippen LogP contribution in [0.4, 0.5) is 0 Å². The molecule has 0 bridgehead atoms. The molecule has 1 rings (SSSR count). The molecule has 0 aliphatic carbocycles. The minimum atomic E-state index is -3.21. The third-order valence-corrected chi connectivity index (χ3v) is 5.15. The summed E-state index contributed by atoms with van der Waals surface area (Å²) in [4.78, 5) is 0. The molecule has 0 aromatic carbocycles. The molecular weight excluding hydrogens is 240 g/mol. The molecule has 100 valence electrons. The van der Waals surface area contributed by atoms with Gasteiger partial charge < -0.3 is 5.21 Å². The highest BCUT2D eigenvalue weighted by Gasteiger charge is 2.33. The lowest BCUT2D eigenvalue weighted by molar-refractivity contribution is 0.299. The van der Waals surface area contributed by atoms with Gasteiger partial charge in [0.05, 0.1) is 11.5 Å². The Morgan fingerprint density at radius 1 is 1.47 bits per heavy atom. The Balaban J connectivity index is 2.76. The summed E-state index contributed by atoms with van der Waals surface area (Å²) in [5.74, 6) is 0.140. The van der Waals surface area contributed by atoms with Crippen LogP contribution in [0.5, 0.6) is 0 Å². The number of hydrogen-bond acceptors (Lipinski definition) is 4. The van der Waals surface area contributed by atoms with Crippen LogP contribution in [0, 0.1) is 11.3 Å². The molecule has 1 fully saturated rings. The van der Waals surface area contributed by atoms with E-state index in [0.29, 0.717) is 25.2 Å². The van der Waals surface area contributed by atoms with E-state index in [4.69, 9.17) is 5.21 Å². The summed E-state index contributed by atoms with van der Waals surface area (Å²) in [5.41, 5.74) is 0.445. The molecule has 1 heterocycles. The van der Waals surface area contributed by atoms with Gasteiger partial charge in [-0.2, -0.15) is 0 Å². The molecule has 0 radical (unpaired) electrons. The molecule has 1 aliphatic rings. The SMILES string of the molecule is CC1CN(S(=O)(=O)CC(C)(C)C)CCC1=NO. The van der Waals surface area contributed by atoms with Gasteiger partial charge in [-0.05, 0) is 5.41 Å². The van der Waals surface area contributed by atoms with Crippen LogP contribution < -0.4 is 0 Å². The van der Waals surface area contributed by atoms with E-state index in [1.54, 1.807) is 0 Å². The van der Waals surface area contributed by atoms with E-state index in [1.807, 2.05) is 27.7 Å². The third-order valence-electron chi connectivity index (χ3n) is 2.80. The molecule has 0 spiro atoms. The largest absolute Gasteiger partial charge is 0.411 e. The number of nitrogens with zero attached hydrogens (tertiary/aromatic N) is 2. The van der Waals surface area contributed by atoms with Crippen molar-refractivity contribution >= 4 is 15.7 Å². The fourth-order valence-electron chi connectivity index (χ4n) is 2.03. The summed E-state index contributed by atoms with van der Waals surface area (Å²) < 4.78 is 25.8. The second-order valence-electron chi connectivity index (χ2n) is 5.92. The van der Waals surface area contributed by atoms with Gasteiger partial charge in [-0.25, -0.2) is 12.7 Å². The Labute approximate surface area is 104 Å². The molecule has 1 aliphatic heterocycles. The van der Waals surface area contributed by atoms with E-state index >= 15 is 0 Å². The quantitative estimate of drug-likeness (QED) is 0.606. The number of hydrogen-bond donors (Lipinski definition) is 1. The van der Waals surface area contributed by atoms with Crippen molar-refractivity contribution in [3.63, 3.8) is 0 Å². The molecule has 1 saturated heterocycles. The summed E-state index contributed by atoms with van der Waals surface area (Å²) in [7, 11) is -3.21. The van der Waals surface area contributed by atoms with Gasteiger partial charge in [0.1, 0.15) is 0 Å². The van der Waals surface area contributed by atoms with Gasteiger partial charge >= 0.3 is 0 Å². The minimum absolute atomic E-state index is 0.0107. The average Bonchev–Trinajstić information content (AvgIpc) is 2.13. The first-order valence-corrected chi connectivity index (χ1v) is 7.45. The fraction of sp³-hybridized carbons (Fsp3) is 0.909. The maximum Gasteiger partial charge on any atom is 0.214 e. The standard InChI is InChI=1S/C11H22N2O3S/c1-9-7-13(6-5-10(9)12-14)17(15,16)8-11(2,3)4/h9,14H,5-8H2,1-4H3. The molecule has 0 saturated carbocycles. The zero-order valence-electron chi connectivity index (χ0n) is 11.0. The first-order chi connectivity index (χ1) is 7.65. The van der Waals surface area contributed by atoms with E-state index in [1.165, 1.54) is 4.31 Å². The normalized spacial score (nSPS) is 26.4. The van der Waals surface area contributed by atoms with Crippen molar-refractivity contribution < 1.29 is 13.6 Å². The molecule has 1 N–H and O–H groups in total. The van der Waals surface area contributed by atoms with Crippen molar-refractivity contribution in [2.75, 3.05) is 18.8 Å². The van der Waals surface area contributed by atoms with Crippen molar-refractivity contribution in [1.82, 2.24) is 4.31 Å². The van der Waals surface area contributed by atoms with E-state index in [9.17, 15) is 8.42 Å². The lowest BCUT2D eigenvalue weighted by Gasteiger charge is -2.32. The van der Waals surface area contributed by atoms with Crippen molar-refractivity contribution in [2.24, 2.45) is 16.5 Å². The van der Waals surface area contributed by atoms with Crippen molar-refractivity contribution in [2.45, 2.75) is 34.1 Å². The predicted octanol–water partition coefficient (Wildman–Crippen LogP) is 1.53. The van der Waals surface area contributed by atoms with Gasteiger partial charge in [-0.15, -0.1) is 0 Å². The smallest absolute Gasteiger partial charge is 0.214 e. The molecule has 0 aromatic heterocycles. The fourth-order valence-corrected chi connectivity index (χ4v) is 4.12. The average molecular weight is 262 g/mol. The van der Waals surface area contributed by atoms with Gasteiger partial charge in [-0.3, -0.25) is 0 Å². The van der Waals surface area contributed by atoms with Gasteiger partial charge in [0.2, 0.25) is 10.0 Å². The predicted molar refractivity (Wildman–Crippen MR) is 67.8 cm³/mol. The van der Waals surface area contributed by atoms with Crippen molar-refractivity contribution in [3.8, 4) is 0 Å². The summed E-state index contributed by atoms with van der Waals surface area (Å²) in [6.45, 7) is 8.46. The summed E-state index contributed by atoms with van der Waals surface area (Å²) >= 11 is 0. The first-order valence-electron chi connectivity index (χ1n) is 5.84. The third kappa shape index (κ3) is 3.96. The van der Waals surface area contributed by atoms with Gasteiger partial charge in [0.25, 0.3) is 0 Å². The highest BCUT2D eigenvalue weighted by molar-refractivity contribution is 7.89. The Morgan fingerprint density at radius 2 is 2.06 bits per heavy atom. The summed E-state index contributed by atoms with van der Waals surface area (Å²) in [6.07, 6.45) is 0.515. The molecule has 1 unspecified atom stereocenters. The summed E-state index contributed by atoms with van der Waals surface area (Å²) in [5, 5.41) is 12.0. The van der Waals surface area contributed by atoms with Gasteiger partial charge in [0, 0.05) is 25.4 Å². The highest BCUT2D eigenvalue weighted by atomic mass is 32.2. The maximum atomic E-state index is 12.2. The zero-order chi connectivity index (χ0) is 13.3. The van der Waals surface area contributed by atoms with Crippen LogP contribution in [-0.2, 0) is 10.0 Å². The molecule has 6 heteroatoms. The van der Waals surface area contributed by atoms with Crippen molar-refractivity contribution in [1.29, 1.82) is 0 Å². The lowest BCUT2D eigenvalue weighted by Crippen LogP contribution is -2.45. The van der Waals surface area contributed by atoms with Crippen molar-refractivity contribution in [3.05, 3.63) is 0 Å². The molecule has 1 atom stereocenters. The lowest BCUT2D eigenvalue weighted by atomic mass is 9.99. The Morgan fingerprint density at radius 3 is 2.47 bits per heavy atom. The van der Waals surface area contributed by atoms with Crippen LogP contribution in [0.3, 0.4) is 0 Å². The van der Waals surface area contributed by atoms with Crippen LogP contribution in [-0.4, -0.2) is 42.5 Å². The summed E-state index contributed by atoms with van der Waals surface area (Å²) in [6, 6.07) is 0. The van der Waals surface area contributed by atoms with E-state index in [0.717, 1.165) is 0 Å². The first kappa shape index (κ1) is 14.4. The van der Waals surface area contributed by atoms with Crippen LogP contribution in [0.1, 0.15) is 34.1 Å². The minimum Gasteiger partial charge on any atom is -0.411 e. The number of rotatable bonds is 2. The molecule has 0 amide bonds. The Kier molecular flexibility index (Phi) is 4.19. The second kappa shape index (κ2) is 4.94. The monoisotopic (exact) mass is 262 g/mol. The maximum absolute atomic E-state index is 12.2. The highest BCUT2D eigenvalue weighted by Crippen LogP contribution is 2.22. The number of piperidine rings is 1. The van der Waals surface area contributed by atoms with Crippen LogP contribution in [0.2, 0.25) is 0 Å². The zero-order valence-corrected chi connectivity index (χ0v) is 11.8. The second-order valence-corrected chi connectivity index (χ2v) is 7.89. The Hall–Kier alpha value is -0.620. The van der Waals surface area contributed by atoms with Gasteiger partial charge in [0.15, 0.2) is 0 Å². The van der Waals surface area contributed by atoms with Gasteiger partial charge in [-0.1, -0.05) is 32.9 Å². The molecular formula is C11H22N2O3S. The molecule has 5 nitrogen and oxygen atoms in total. The molecule has 17 heavy (non-hydrogen) atoms. The van der Waals surface area contributed by atoms with E-state index < -0.39 is 10.0 Å². The molecule has 0 aromatic rings. The number of sulfonamides is 1. The Bertz CT molecular complexity index is 395. The number of oxime groups is 1. The van der Waals surface area contributed by atoms with Crippen LogP contribution in [0.25, 0.3) is 0 Å².